The molecule has 2 amide bonds. The van der Waals surface area contributed by atoms with Crippen LogP contribution in [0.4, 0.5) is 0 Å². The molecule has 0 aliphatic carbocycles. The van der Waals surface area contributed by atoms with Crippen LogP contribution < -0.4 is 21.7 Å². The summed E-state index contributed by atoms with van der Waals surface area (Å²) in [4.78, 5) is 25.2. The van der Waals surface area contributed by atoms with Gasteiger partial charge in [-0.2, -0.15) is 0 Å². The first kappa shape index (κ1) is 22.0. The minimum atomic E-state index is -0.289. The summed E-state index contributed by atoms with van der Waals surface area (Å²) < 4.78 is 0. The van der Waals surface area contributed by atoms with E-state index in [-0.39, 0.29) is 36.5 Å². The maximum atomic E-state index is 12.7. The van der Waals surface area contributed by atoms with Crippen LogP contribution in [0.25, 0.3) is 0 Å². The largest absolute Gasteiger partial charge is 0.351 e. The number of amides is 2. The lowest BCUT2D eigenvalue weighted by Crippen LogP contribution is -2.46. The number of carbonyl (C=O) groups excluding carboxylic acids is 2. The molecule has 1 aromatic carbocycles. The van der Waals surface area contributed by atoms with E-state index in [0.29, 0.717) is 18.9 Å². The maximum absolute atomic E-state index is 12.7. The molecule has 150 valence electrons. The van der Waals surface area contributed by atoms with Gasteiger partial charge in [0.15, 0.2) is 0 Å². The number of carbonyl (C=O) groups is 2. The highest BCUT2D eigenvalue weighted by molar-refractivity contribution is 7.99. The third kappa shape index (κ3) is 7.70. The van der Waals surface area contributed by atoms with Gasteiger partial charge < -0.3 is 21.7 Å². The van der Waals surface area contributed by atoms with E-state index in [0.717, 1.165) is 22.1 Å². The van der Waals surface area contributed by atoms with Crippen molar-refractivity contribution in [1.82, 2.24) is 16.0 Å². The first-order valence-electron chi connectivity index (χ1n) is 9.29. The molecule has 0 saturated carbocycles. The topological polar surface area (TPSA) is 96.2 Å². The zero-order valence-corrected chi connectivity index (χ0v) is 17.4. The van der Waals surface area contributed by atoms with Gasteiger partial charge in [0, 0.05) is 34.3 Å². The van der Waals surface area contributed by atoms with Gasteiger partial charge in [0.05, 0.1) is 12.6 Å². The van der Waals surface area contributed by atoms with E-state index in [1.807, 2.05) is 24.3 Å². The first-order chi connectivity index (χ1) is 12.9. The van der Waals surface area contributed by atoms with Gasteiger partial charge in [-0.3, -0.25) is 9.59 Å². The SMILES string of the molecule is CC(C)C[C@H](CSc1ccc(Cl)cc1)NC(=O)[C@@H]1C[C@@H](NC(=O)CN)CN1. The van der Waals surface area contributed by atoms with Crippen LogP contribution in [0.3, 0.4) is 0 Å². The van der Waals surface area contributed by atoms with Gasteiger partial charge >= 0.3 is 0 Å². The van der Waals surface area contributed by atoms with Crippen LogP contribution in [0.2, 0.25) is 5.02 Å². The average Bonchev–Trinajstić information content (AvgIpc) is 3.09. The fraction of sp³-hybridized carbons (Fsp3) is 0.579. The Bertz CT molecular complexity index is 627. The fourth-order valence-electron chi connectivity index (χ4n) is 3.10. The van der Waals surface area contributed by atoms with Gasteiger partial charge in [-0.1, -0.05) is 25.4 Å². The summed E-state index contributed by atoms with van der Waals surface area (Å²) in [6.45, 7) is 4.85. The zero-order valence-electron chi connectivity index (χ0n) is 15.8. The second-order valence-corrected chi connectivity index (χ2v) is 8.79. The lowest BCUT2D eigenvalue weighted by atomic mass is 10.0. The molecular weight excluding hydrogens is 384 g/mol. The predicted molar refractivity (Wildman–Crippen MR) is 111 cm³/mol. The van der Waals surface area contributed by atoms with Crippen molar-refractivity contribution in [2.75, 3.05) is 18.8 Å². The minimum Gasteiger partial charge on any atom is -0.351 e. The van der Waals surface area contributed by atoms with Crippen molar-refractivity contribution in [1.29, 1.82) is 0 Å². The first-order valence-corrected chi connectivity index (χ1v) is 10.6. The molecule has 0 bridgehead atoms. The highest BCUT2D eigenvalue weighted by Crippen LogP contribution is 2.23. The summed E-state index contributed by atoms with van der Waals surface area (Å²) in [5.41, 5.74) is 5.32. The molecule has 3 atom stereocenters. The summed E-state index contributed by atoms with van der Waals surface area (Å²) in [5.74, 6) is 1.07. The normalized spacial score (nSPS) is 20.5. The van der Waals surface area contributed by atoms with Gasteiger partial charge in [-0.05, 0) is 43.0 Å². The van der Waals surface area contributed by atoms with Gasteiger partial charge in [-0.15, -0.1) is 11.8 Å². The molecule has 1 heterocycles. The Hall–Kier alpha value is -1.28. The van der Waals surface area contributed by atoms with Crippen molar-refractivity contribution in [3.63, 3.8) is 0 Å². The molecule has 2 rings (SSSR count). The van der Waals surface area contributed by atoms with Crippen LogP contribution in [0, 0.1) is 5.92 Å². The highest BCUT2D eigenvalue weighted by Gasteiger charge is 2.31. The molecule has 0 unspecified atom stereocenters. The molecular formula is C19H29ClN4O2S. The number of nitrogens with one attached hydrogen (secondary N) is 3. The van der Waals surface area contributed by atoms with Crippen molar-refractivity contribution in [2.24, 2.45) is 11.7 Å². The van der Waals surface area contributed by atoms with Gasteiger partial charge in [-0.25, -0.2) is 0 Å². The Morgan fingerprint density at radius 1 is 1.33 bits per heavy atom. The van der Waals surface area contributed by atoms with E-state index >= 15 is 0 Å². The van der Waals surface area contributed by atoms with Crippen molar-refractivity contribution in [3.05, 3.63) is 29.3 Å². The summed E-state index contributed by atoms with van der Waals surface area (Å²) in [6.07, 6.45) is 1.49. The summed E-state index contributed by atoms with van der Waals surface area (Å²) in [7, 11) is 0. The molecule has 1 aromatic rings. The molecule has 0 spiro atoms. The smallest absolute Gasteiger partial charge is 0.237 e. The Labute approximate surface area is 170 Å². The van der Waals surface area contributed by atoms with Crippen LogP contribution in [0.1, 0.15) is 26.7 Å². The molecule has 1 saturated heterocycles. The van der Waals surface area contributed by atoms with E-state index in [1.165, 1.54) is 0 Å². The number of nitrogens with two attached hydrogens (primary N) is 1. The number of rotatable bonds is 9. The molecule has 1 aliphatic heterocycles. The fourth-order valence-corrected chi connectivity index (χ4v) is 4.17. The second-order valence-electron chi connectivity index (χ2n) is 7.27. The molecule has 0 aromatic heterocycles. The predicted octanol–water partition coefficient (Wildman–Crippen LogP) is 1.77. The number of hydrogen-bond donors (Lipinski definition) is 4. The molecule has 0 radical (unpaired) electrons. The summed E-state index contributed by atoms with van der Waals surface area (Å²) in [5, 5.41) is 9.91. The van der Waals surface area contributed by atoms with E-state index < -0.39 is 0 Å². The average molecular weight is 413 g/mol. The maximum Gasteiger partial charge on any atom is 0.237 e. The molecule has 1 aliphatic rings. The summed E-state index contributed by atoms with van der Waals surface area (Å²) >= 11 is 7.64. The molecule has 6 nitrogen and oxygen atoms in total. The number of hydrogen-bond acceptors (Lipinski definition) is 5. The Morgan fingerprint density at radius 2 is 2.04 bits per heavy atom. The van der Waals surface area contributed by atoms with Crippen molar-refractivity contribution < 1.29 is 9.59 Å². The lowest BCUT2D eigenvalue weighted by molar-refractivity contribution is -0.124. The highest BCUT2D eigenvalue weighted by atomic mass is 35.5. The minimum absolute atomic E-state index is 0.0122. The van der Waals surface area contributed by atoms with E-state index in [2.05, 4.69) is 29.8 Å². The molecule has 8 heteroatoms. The van der Waals surface area contributed by atoms with Gasteiger partial charge in [0.2, 0.25) is 11.8 Å². The third-order valence-corrected chi connectivity index (χ3v) is 5.79. The number of thioether (sulfide) groups is 1. The zero-order chi connectivity index (χ0) is 19.8. The van der Waals surface area contributed by atoms with E-state index in [4.69, 9.17) is 17.3 Å². The lowest BCUT2D eigenvalue weighted by Gasteiger charge is -2.22. The Kier molecular flexibility index (Phi) is 8.89. The Morgan fingerprint density at radius 3 is 2.67 bits per heavy atom. The monoisotopic (exact) mass is 412 g/mol. The standard InChI is InChI=1S/C19H29ClN4O2S/c1-12(2)7-15(11-27-16-5-3-13(20)4-6-16)24-19(26)17-8-14(10-22-17)23-18(25)9-21/h3-6,12,14-15,17,22H,7-11,21H2,1-2H3,(H,23,25)(H,24,26)/t14-,15-,17+/m1/s1. The third-order valence-electron chi connectivity index (χ3n) is 4.36. The van der Waals surface area contributed by atoms with Crippen LogP contribution in [0.15, 0.2) is 29.2 Å². The Balaban J connectivity index is 1.86. The van der Waals surface area contributed by atoms with Crippen molar-refractivity contribution in [3.8, 4) is 0 Å². The summed E-state index contributed by atoms with van der Waals surface area (Å²) in [6, 6.07) is 7.47. The molecule has 5 N–H and O–H groups in total. The molecule has 1 fully saturated rings. The molecule has 27 heavy (non-hydrogen) atoms. The van der Waals surface area contributed by atoms with Crippen LogP contribution in [-0.2, 0) is 9.59 Å². The van der Waals surface area contributed by atoms with Crippen LogP contribution >= 0.6 is 23.4 Å². The number of benzene rings is 1. The van der Waals surface area contributed by atoms with Crippen LogP contribution in [-0.4, -0.2) is 48.8 Å². The van der Waals surface area contributed by atoms with Gasteiger partial charge in [0.25, 0.3) is 0 Å². The number of halogens is 1. The quantitative estimate of drug-likeness (QED) is 0.463. The van der Waals surface area contributed by atoms with Crippen molar-refractivity contribution in [2.45, 2.75) is 49.7 Å². The van der Waals surface area contributed by atoms with Crippen molar-refractivity contribution >= 4 is 35.2 Å². The van der Waals surface area contributed by atoms with E-state index in [9.17, 15) is 9.59 Å². The second kappa shape index (κ2) is 10.9. The van der Waals surface area contributed by atoms with Gasteiger partial charge in [0.1, 0.15) is 0 Å². The van der Waals surface area contributed by atoms with E-state index in [1.54, 1.807) is 11.8 Å². The van der Waals surface area contributed by atoms with Crippen LogP contribution in [0.5, 0.6) is 0 Å².